The lowest BCUT2D eigenvalue weighted by Crippen LogP contribution is -2.49. The second-order valence-corrected chi connectivity index (χ2v) is 5.04. The van der Waals surface area contributed by atoms with Crippen LogP contribution in [-0.2, 0) is 9.59 Å². The van der Waals surface area contributed by atoms with Crippen LogP contribution in [0.25, 0.3) is 0 Å². The summed E-state index contributed by atoms with van der Waals surface area (Å²) in [6.07, 6.45) is 0. The van der Waals surface area contributed by atoms with E-state index in [1.807, 2.05) is 0 Å². The van der Waals surface area contributed by atoms with E-state index in [9.17, 15) is 14.0 Å². The van der Waals surface area contributed by atoms with Crippen molar-refractivity contribution in [1.29, 1.82) is 0 Å². The van der Waals surface area contributed by atoms with Crippen LogP contribution in [0, 0.1) is 5.82 Å². The number of anilines is 1. The van der Waals surface area contributed by atoms with Crippen molar-refractivity contribution in [1.82, 2.24) is 10.2 Å². The first-order chi connectivity index (χ1) is 9.08. The Morgan fingerprint density at radius 2 is 2.00 bits per heavy atom. The third kappa shape index (κ3) is 3.51. The smallest absolute Gasteiger partial charge is 0.313 e. The third-order valence-electron chi connectivity index (χ3n) is 2.78. The van der Waals surface area contributed by atoms with Gasteiger partial charge in [0.25, 0.3) is 0 Å². The third-order valence-corrected chi connectivity index (χ3v) is 3.27. The largest absolute Gasteiger partial charge is 0.332 e. The molecule has 102 valence electrons. The van der Waals surface area contributed by atoms with Crippen molar-refractivity contribution >= 4 is 33.4 Å². The Kier molecular flexibility index (Phi) is 4.49. The van der Waals surface area contributed by atoms with Crippen LogP contribution in [0.3, 0.4) is 0 Å². The molecule has 1 fully saturated rings. The summed E-state index contributed by atoms with van der Waals surface area (Å²) in [5.74, 6) is -2.04. The first-order valence-electron chi connectivity index (χ1n) is 5.84. The molecule has 7 heteroatoms. The minimum Gasteiger partial charge on any atom is -0.332 e. The molecule has 1 aromatic rings. The van der Waals surface area contributed by atoms with Gasteiger partial charge in [-0.05, 0) is 18.2 Å². The number of hydrogen-bond donors (Lipinski definition) is 2. The summed E-state index contributed by atoms with van der Waals surface area (Å²) in [5.41, 5.74) is -0.0112. The second-order valence-electron chi connectivity index (χ2n) is 4.12. The molecule has 0 aromatic heterocycles. The van der Waals surface area contributed by atoms with Gasteiger partial charge in [0.05, 0.1) is 5.69 Å². The Morgan fingerprint density at radius 3 is 2.68 bits per heavy atom. The minimum absolute atomic E-state index is 0.0112. The molecule has 1 aliphatic rings. The van der Waals surface area contributed by atoms with Crippen LogP contribution in [0.5, 0.6) is 0 Å². The fraction of sp³-hybridized carbons (Fsp3) is 0.333. The maximum absolute atomic E-state index is 13.5. The summed E-state index contributed by atoms with van der Waals surface area (Å²) in [6, 6.07) is 4.15. The van der Waals surface area contributed by atoms with Crippen LogP contribution in [0.2, 0.25) is 0 Å². The number of benzene rings is 1. The van der Waals surface area contributed by atoms with E-state index in [2.05, 4.69) is 26.6 Å². The van der Waals surface area contributed by atoms with Crippen LogP contribution < -0.4 is 10.6 Å². The Hall–Kier alpha value is -1.47. The van der Waals surface area contributed by atoms with Crippen molar-refractivity contribution in [2.75, 3.05) is 31.5 Å². The van der Waals surface area contributed by atoms with E-state index in [4.69, 9.17) is 0 Å². The summed E-state index contributed by atoms with van der Waals surface area (Å²) >= 11 is 3.18. The van der Waals surface area contributed by atoms with Gasteiger partial charge in [0, 0.05) is 30.7 Å². The van der Waals surface area contributed by atoms with Gasteiger partial charge in [-0.3, -0.25) is 9.59 Å². The average molecular weight is 330 g/mol. The number of carbonyl (C=O) groups excluding carboxylic acids is 2. The SMILES string of the molecule is O=C(Nc1cc(Br)ccc1F)C(=O)N1CCNCC1. The standard InChI is InChI=1S/C12H13BrFN3O2/c13-8-1-2-9(14)10(7-8)16-11(18)12(19)17-5-3-15-4-6-17/h1-2,7,15H,3-6H2,(H,16,18). The molecule has 0 unspecified atom stereocenters. The van der Waals surface area contributed by atoms with Crippen LogP contribution in [-0.4, -0.2) is 42.9 Å². The molecule has 1 aliphatic heterocycles. The Morgan fingerprint density at radius 1 is 1.32 bits per heavy atom. The van der Waals surface area contributed by atoms with Gasteiger partial charge >= 0.3 is 11.8 Å². The van der Waals surface area contributed by atoms with Gasteiger partial charge in [0.1, 0.15) is 5.82 Å². The van der Waals surface area contributed by atoms with Gasteiger partial charge in [-0.2, -0.15) is 0 Å². The highest BCUT2D eigenvalue weighted by molar-refractivity contribution is 9.10. The summed E-state index contributed by atoms with van der Waals surface area (Å²) < 4.78 is 14.1. The molecule has 0 spiro atoms. The molecule has 1 saturated heterocycles. The maximum Gasteiger partial charge on any atom is 0.313 e. The maximum atomic E-state index is 13.5. The lowest BCUT2D eigenvalue weighted by molar-refractivity contribution is -0.143. The summed E-state index contributed by atoms with van der Waals surface area (Å²) in [6.45, 7) is 2.27. The fourth-order valence-electron chi connectivity index (χ4n) is 1.78. The zero-order chi connectivity index (χ0) is 13.8. The minimum atomic E-state index is -0.820. The molecule has 2 N–H and O–H groups in total. The number of hydrogen-bond acceptors (Lipinski definition) is 3. The molecule has 0 bridgehead atoms. The molecular weight excluding hydrogens is 317 g/mol. The number of halogens is 2. The lowest BCUT2D eigenvalue weighted by Gasteiger charge is -2.26. The zero-order valence-electron chi connectivity index (χ0n) is 10.1. The molecule has 1 heterocycles. The van der Waals surface area contributed by atoms with Crippen molar-refractivity contribution in [3.63, 3.8) is 0 Å². The molecule has 2 rings (SSSR count). The first kappa shape index (κ1) is 14.0. The van der Waals surface area contributed by atoms with E-state index in [1.165, 1.54) is 23.1 Å². The van der Waals surface area contributed by atoms with Crippen LogP contribution in [0.1, 0.15) is 0 Å². The van der Waals surface area contributed by atoms with Crippen molar-refractivity contribution in [3.8, 4) is 0 Å². The highest BCUT2D eigenvalue weighted by Gasteiger charge is 2.23. The number of nitrogens with zero attached hydrogens (tertiary/aromatic N) is 1. The average Bonchev–Trinajstić information content (AvgIpc) is 2.43. The zero-order valence-corrected chi connectivity index (χ0v) is 11.7. The summed E-state index contributed by atoms with van der Waals surface area (Å²) in [4.78, 5) is 25.1. The molecule has 0 radical (unpaired) electrons. The van der Waals surface area contributed by atoms with E-state index in [0.717, 1.165) is 0 Å². The molecule has 19 heavy (non-hydrogen) atoms. The van der Waals surface area contributed by atoms with E-state index < -0.39 is 17.6 Å². The molecular formula is C12H13BrFN3O2. The predicted octanol–water partition coefficient (Wildman–Crippen LogP) is 0.958. The van der Waals surface area contributed by atoms with Gasteiger partial charge in [-0.15, -0.1) is 0 Å². The van der Waals surface area contributed by atoms with E-state index in [0.29, 0.717) is 30.7 Å². The molecule has 0 atom stereocenters. The Labute approximate surface area is 118 Å². The van der Waals surface area contributed by atoms with Gasteiger partial charge < -0.3 is 15.5 Å². The Balaban J connectivity index is 2.03. The van der Waals surface area contributed by atoms with Crippen molar-refractivity contribution in [2.45, 2.75) is 0 Å². The van der Waals surface area contributed by atoms with Gasteiger partial charge in [-0.1, -0.05) is 15.9 Å². The monoisotopic (exact) mass is 329 g/mol. The molecule has 2 amide bonds. The molecule has 0 aliphatic carbocycles. The number of carbonyl (C=O) groups is 2. The van der Waals surface area contributed by atoms with Gasteiger partial charge in [-0.25, -0.2) is 4.39 Å². The highest BCUT2D eigenvalue weighted by Crippen LogP contribution is 2.20. The molecule has 5 nitrogen and oxygen atoms in total. The Bertz CT molecular complexity index is 504. The van der Waals surface area contributed by atoms with Gasteiger partial charge in [0.2, 0.25) is 0 Å². The van der Waals surface area contributed by atoms with Gasteiger partial charge in [0.15, 0.2) is 0 Å². The predicted molar refractivity (Wildman–Crippen MR) is 72.2 cm³/mol. The second kappa shape index (κ2) is 6.12. The fourth-order valence-corrected chi connectivity index (χ4v) is 2.14. The van der Waals surface area contributed by atoms with Crippen LogP contribution >= 0.6 is 15.9 Å². The van der Waals surface area contributed by atoms with E-state index in [1.54, 1.807) is 0 Å². The highest BCUT2D eigenvalue weighted by atomic mass is 79.9. The van der Waals surface area contributed by atoms with Crippen molar-refractivity contribution < 1.29 is 14.0 Å². The summed E-state index contributed by atoms with van der Waals surface area (Å²) in [7, 11) is 0. The lowest BCUT2D eigenvalue weighted by atomic mass is 10.3. The molecule has 1 aromatic carbocycles. The topological polar surface area (TPSA) is 61.4 Å². The van der Waals surface area contributed by atoms with E-state index >= 15 is 0 Å². The summed E-state index contributed by atoms with van der Waals surface area (Å²) in [5, 5.41) is 5.38. The first-order valence-corrected chi connectivity index (χ1v) is 6.63. The molecule has 0 saturated carbocycles. The number of piperazine rings is 1. The van der Waals surface area contributed by atoms with E-state index in [-0.39, 0.29) is 5.69 Å². The normalized spacial score (nSPS) is 15.2. The number of rotatable bonds is 1. The number of amides is 2. The quantitative estimate of drug-likeness (QED) is 0.754. The van der Waals surface area contributed by atoms with Crippen molar-refractivity contribution in [2.24, 2.45) is 0 Å². The number of nitrogens with one attached hydrogen (secondary N) is 2. The van der Waals surface area contributed by atoms with Crippen molar-refractivity contribution in [3.05, 3.63) is 28.5 Å². The van der Waals surface area contributed by atoms with Crippen LogP contribution in [0.4, 0.5) is 10.1 Å². The van der Waals surface area contributed by atoms with Crippen LogP contribution in [0.15, 0.2) is 22.7 Å².